The van der Waals surface area contributed by atoms with Gasteiger partial charge in [-0.2, -0.15) is 0 Å². The smallest absolute Gasteiger partial charge is 0.260 e. The topological polar surface area (TPSA) is 47.6 Å². The van der Waals surface area contributed by atoms with Gasteiger partial charge in [0, 0.05) is 6.54 Å². The molecule has 1 aliphatic rings. The molecule has 2 aromatic rings. The number of aryl methyl sites for hydroxylation is 3. The summed E-state index contributed by atoms with van der Waals surface area (Å²) in [5.74, 6) is 1.62. The third-order valence-electron chi connectivity index (χ3n) is 5.24. The van der Waals surface area contributed by atoms with Crippen LogP contribution in [0.2, 0.25) is 0 Å². The monoisotopic (exact) mass is 395 g/mol. The summed E-state index contributed by atoms with van der Waals surface area (Å²) in [6.45, 7) is 6.49. The number of ether oxygens (including phenoxy) is 2. The number of carbonyl (C=O) groups is 1. The van der Waals surface area contributed by atoms with Gasteiger partial charge < -0.3 is 14.8 Å². The van der Waals surface area contributed by atoms with E-state index in [2.05, 4.69) is 29.6 Å². The molecular weight excluding hydrogens is 362 g/mol. The maximum absolute atomic E-state index is 12.3. The average molecular weight is 396 g/mol. The zero-order valence-electron chi connectivity index (χ0n) is 17.9. The Bertz CT molecular complexity index is 798. The minimum Gasteiger partial charge on any atom is -0.491 e. The van der Waals surface area contributed by atoms with E-state index in [0.29, 0.717) is 6.54 Å². The van der Waals surface area contributed by atoms with E-state index in [1.54, 1.807) is 0 Å². The van der Waals surface area contributed by atoms with Crippen molar-refractivity contribution < 1.29 is 14.3 Å². The van der Waals surface area contributed by atoms with Crippen molar-refractivity contribution >= 4 is 5.91 Å². The Labute approximate surface area is 174 Å². The molecule has 4 nitrogen and oxygen atoms in total. The normalized spacial score (nSPS) is 14.2. The lowest BCUT2D eigenvalue weighted by atomic mass is 9.92. The average Bonchev–Trinajstić information content (AvgIpc) is 2.71. The lowest BCUT2D eigenvalue weighted by molar-refractivity contribution is -0.127. The predicted octanol–water partition coefficient (Wildman–Crippen LogP) is 4.87. The third-order valence-corrected chi connectivity index (χ3v) is 5.24. The quantitative estimate of drug-likeness (QED) is 0.616. The van der Waals surface area contributed by atoms with E-state index in [-0.39, 0.29) is 12.0 Å². The lowest BCUT2D eigenvalue weighted by Crippen LogP contribution is -2.37. The molecule has 1 atom stereocenters. The van der Waals surface area contributed by atoms with Crippen LogP contribution in [0, 0.1) is 0 Å². The van der Waals surface area contributed by atoms with Crippen molar-refractivity contribution in [2.75, 3.05) is 6.54 Å². The number of nitrogens with one attached hydrogen (secondary N) is 1. The Balaban J connectivity index is 1.39. The van der Waals surface area contributed by atoms with Gasteiger partial charge in [-0.05, 0) is 100 Å². The minimum atomic E-state index is -0.496. The summed E-state index contributed by atoms with van der Waals surface area (Å²) < 4.78 is 11.5. The largest absolute Gasteiger partial charge is 0.491 e. The molecule has 3 rings (SSSR count). The van der Waals surface area contributed by atoms with Gasteiger partial charge in [0.05, 0.1) is 6.10 Å². The van der Waals surface area contributed by atoms with Crippen molar-refractivity contribution in [2.24, 2.45) is 0 Å². The van der Waals surface area contributed by atoms with Gasteiger partial charge in [-0.25, -0.2) is 0 Å². The highest BCUT2D eigenvalue weighted by Gasteiger charge is 2.16. The van der Waals surface area contributed by atoms with Crippen molar-refractivity contribution in [3.05, 3.63) is 59.2 Å². The summed E-state index contributed by atoms with van der Waals surface area (Å²) in [4.78, 5) is 12.3. The molecule has 1 aliphatic carbocycles. The van der Waals surface area contributed by atoms with E-state index in [9.17, 15) is 4.79 Å². The molecule has 0 aromatic heterocycles. The van der Waals surface area contributed by atoms with Crippen LogP contribution in [0.5, 0.6) is 11.5 Å². The molecule has 1 amide bonds. The maximum atomic E-state index is 12.3. The Morgan fingerprint density at radius 1 is 0.931 bits per heavy atom. The van der Waals surface area contributed by atoms with E-state index < -0.39 is 6.10 Å². The zero-order chi connectivity index (χ0) is 20.6. The van der Waals surface area contributed by atoms with Crippen LogP contribution in [0.15, 0.2) is 42.5 Å². The van der Waals surface area contributed by atoms with Crippen molar-refractivity contribution in [3.63, 3.8) is 0 Å². The van der Waals surface area contributed by atoms with E-state index in [1.165, 1.54) is 29.5 Å². The van der Waals surface area contributed by atoms with Crippen molar-refractivity contribution in [2.45, 2.75) is 71.5 Å². The van der Waals surface area contributed by atoms with Crippen LogP contribution in [0.3, 0.4) is 0 Å². The highest BCUT2D eigenvalue weighted by Crippen LogP contribution is 2.25. The number of amides is 1. The second kappa shape index (κ2) is 10.3. The number of rotatable bonds is 9. The standard InChI is InChI=1S/C25H33NO3/c1-18(2)28-23-13-10-20(11-14-23)7-6-16-26-25(27)19(3)29-24-15-12-21-8-4-5-9-22(21)17-24/h10-15,17-19H,4-9,16H2,1-3H3,(H,26,27). The number of benzene rings is 2. The molecule has 0 spiro atoms. The van der Waals surface area contributed by atoms with Crippen molar-refractivity contribution in [1.82, 2.24) is 5.32 Å². The molecule has 156 valence electrons. The Morgan fingerprint density at radius 3 is 2.34 bits per heavy atom. The molecule has 1 unspecified atom stereocenters. The fourth-order valence-corrected chi connectivity index (χ4v) is 3.70. The fourth-order valence-electron chi connectivity index (χ4n) is 3.70. The van der Waals surface area contributed by atoms with Crippen molar-refractivity contribution in [3.8, 4) is 11.5 Å². The highest BCUT2D eigenvalue weighted by molar-refractivity contribution is 5.80. The minimum absolute atomic E-state index is 0.0663. The van der Waals surface area contributed by atoms with Crippen LogP contribution in [-0.4, -0.2) is 24.7 Å². The van der Waals surface area contributed by atoms with Gasteiger partial charge >= 0.3 is 0 Å². The van der Waals surface area contributed by atoms with Gasteiger partial charge in [-0.1, -0.05) is 18.2 Å². The van der Waals surface area contributed by atoms with Crippen LogP contribution in [-0.2, 0) is 24.1 Å². The summed E-state index contributed by atoms with van der Waals surface area (Å²) in [5, 5.41) is 2.98. The maximum Gasteiger partial charge on any atom is 0.260 e. The summed E-state index contributed by atoms with van der Waals surface area (Å²) in [6, 6.07) is 14.4. The van der Waals surface area contributed by atoms with Gasteiger partial charge in [0.15, 0.2) is 6.10 Å². The van der Waals surface area contributed by atoms with Gasteiger partial charge in [0.1, 0.15) is 11.5 Å². The second-order valence-electron chi connectivity index (χ2n) is 8.10. The second-order valence-corrected chi connectivity index (χ2v) is 8.10. The number of hydrogen-bond donors (Lipinski definition) is 1. The predicted molar refractivity (Wildman–Crippen MR) is 117 cm³/mol. The SMILES string of the molecule is CC(C)Oc1ccc(CCCNC(=O)C(C)Oc2ccc3c(c2)CCCC3)cc1. The molecule has 0 fully saturated rings. The Morgan fingerprint density at radius 2 is 1.62 bits per heavy atom. The third kappa shape index (κ3) is 6.52. The fraction of sp³-hybridized carbons (Fsp3) is 0.480. The summed E-state index contributed by atoms with van der Waals surface area (Å²) in [5.41, 5.74) is 4.03. The van der Waals surface area contributed by atoms with E-state index >= 15 is 0 Å². The molecule has 0 heterocycles. The van der Waals surface area contributed by atoms with E-state index in [0.717, 1.165) is 37.2 Å². The molecular formula is C25H33NO3. The van der Waals surface area contributed by atoms with Gasteiger partial charge in [-0.3, -0.25) is 4.79 Å². The number of fused-ring (bicyclic) bond motifs is 1. The number of carbonyl (C=O) groups excluding carboxylic acids is 1. The Hall–Kier alpha value is -2.49. The first-order chi connectivity index (χ1) is 14.0. The molecule has 4 heteroatoms. The summed E-state index contributed by atoms with van der Waals surface area (Å²) in [6.07, 6.45) is 6.26. The van der Waals surface area contributed by atoms with Crippen molar-refractivity contribution in [1.29, 1.82) is 0 Å². The van der Waals surface area contributed by atoms with E-state index in [4.69, 9.17) is 9.47 Å². The molecule has 2 aromatic carbocycles. The summed E-state index contributed by atoms with van der Waals surface area (Å²) >= 11 is 0. The molecule has 0 aliphatic heterocycles. The molecule has 0 saturated heterocycles. The first-order valence-electron chi connectivity index (χ1n) is 10.8. The van der Waals surface area contributed by atoms with Crippen LogP contribution in [0.25, 0.3) is 0 Å². The zero-order valence-corrected chi connectivity index (χ0v) is 17.9. The highest BCUT2D eigenvalue weighted by atomic mass is 16.5. The molecule has 1 N–H and O–H groups in total. The first-order valence-corrected chi connectivity index (χ1v) is 10.8. The van der Waals surface area contributed by atoms with Crippen LogP contribution in [0.4, 0.5) is 0 Å². The van der Waals surface area contributed by atoms with Gasteiger partial charge in [0.25, 0.3) is 5.91 Å². The van der Waals surface area contributed by atoms with Gasteiger partial charge in [0.2, 0.25) is 0 Å². The van der Waals surface area contributed by atoms with E-state index in [1.807, 2.05) is 39.0 Å². The van der Waals surface area contributed by atoms with Crippen LogP contribution >= 0.6 is 0 Å². The van der Waals surface area contributed by atoms with Crippen LogP contribution < -0.4 is 14.8 Å². The summed E-state index contributed by atoms with van der Waals surface area (Å²) in [7, 11) is 0. The Kier molecular flexibility index (Phi) is 7.56. The molecule has 0 radical (unpaired) electrons. The molecule has 29 heavy (non-hydrogen) atoms. The number of hydrogen-bond acceptors (Lipinski definition) is 3. The molecule has 0 bridgehead atoms. The molecule has 0 saturated carbocycles. The van der Waals surface area contributed by atoms with Crippen LogP contribution in [0.1, 0.15) is 56.7 Å². The lowest BCUT2D eigenvalue weighted by Gasteiger charge is -2.19. The van der Waals surface area contributed by atoms with Gasteiger partial charge in [-0.15, -0.1) is 0 Å². The first kappa shape index (κ1) is 21.2.